The van der Waals surface area contributed by atoms with Gasteiger partial charge in [0.15, 0.2) is 6.10 Å². The lowest BCUT2D eigenvalue weighted by atomic mass is 10.3. The number of hydrogen-bond donors (Lipinski definition) is 0. The lowest BCUT2D eigenvalue weighted by Gasteiger charge is -2.04. The summed E-state index contributed by atoms with van der Waals surface area (Å²) in [6.07, 6.45) is -0.779. The monoisotopic (exact) mass is 345 g/mol. The average molecular weight is 346 g/mol. The molecule has 2 heterocycles. The fraction of sp³-hybridized carbons (Fsp3) is 0.188. The summed E-state index contributed by atoms with van der Waals surface area (Å²) in [7, 11) is 0. The van der Waals surface area contributed by atoms with E-state index in [9.17, 15) is 4.79 Å². The van der Waals surface area contributed by atoms with Gasteiger partial charge < -0.3 is 4.74 Å². The maximum absolute atomic E-state index is 12.1. The predicted octanol–water partition coefficient (Wildman–Crippen LogP) is 4.12. The number of esters is 1. The third-order valence-corrected chi connectivity index (χ3v) is 4.59. The molecule has 0 unspecified atom stereocenters. The van der Waals surface area contributed by atoms with Gasteiger partial charge in [-0.25, -0.2) is 9.48 Å². The van der Waals surface area contributed by atoms with Crippen molar-refractivity contribution in [3.63, 3.8) is 0 Å². The van der Waals surface area contributed by atoms with Crippen molar-refractivity contribution in [1.82, 2.24) is 9.78 Å². The van der Waals surface area contributed by atoms with Gasteiger partial charge in [-0.1, -0.05) is 17.7 Å². The molecule has 0 spiro atoms. The molecule has 0 radical (unpaired) electrons. The standard InChI is InChI=1S/C16H12ClN3O2S/c1-9(8-18)22-16(21)14-7-13-10(2)19-20(15(13)23-14)12-5-3-4-11(17)6-12/h3-7,9H,1-2H3/t9-/m1/s1. The zero-order chi connectivity index (χ0) is 16.6. The van der Waals surface area contributed by atoms with Crippen molar-refractivity contribution in [2.45, 2.75) is 20.0 Å². The highest BCUT2D eigenvalue weighted by Gasteiger charge is 2.19. The third kappa shape index (κ3) is 2.93. The van der Waals surface area contributed by atoms with Crippen LogP contribution in [0.3, 0.4) is 0 Å². The van der Waals surface area contributed by atoms with E-state index in [1.165, 1.54) is 18.3 Å². The highest BCUT2D eigenvalue weighted by molar-refractivity contribution is 7.20. The van der Waals surface area contributed by atoms with E-state index in [2.05, 4.69) is 5.10 Å². The molecule has 0 saturated heterocycles. The first-order chi connectivity index (χ1) is 11.0. The summed E-state index contributed by atoms with van der Waals surface area (Å²) in [5, 5.41) is 14.7. The van der Waals surface area contributed by atoms with Crippen LogP contribution in [0.15, 0.2) is 30.3 Å². The van der Waals surface area contributed by atoms with Gasteiger partial charge in [-0.05, 0) is 38.1 Å². The topological polar surface area (TPSA) is 67.9 Å². The normalized spacial score (nSPS) is 12.1. The van der Waals surface area contributed by atoms with E-state index in [0.717, 1.165) is 21.6 Å². The second-order valence-corrected chi connectivity index (χ2v) is 6.45. The third-order valence-electron chi connectivity index (χ3n) is 3.26. The van der Waals surface area contributed by atoms with Gasteiger partial charge in [0.1, 0.15) is 15.8 Å². The molecule has 0 bridgehead atoms. The Balaban J connectivity index is 2.06. The van der Waals surface area contributed by atoms with E-state index in [0.29, 0.717) is 9.90 Å². The number of fused-ring (bicyclic) bond motifs is 1. The second-order valence-electron chi connectivity index (χ2n) is 4.98. The zero-order valence-electron chi connectivity index (χ0n) is 12.4. The number of rotatable bonds is 3. The second kappa shape index (κ2) is 6.03. The molecular formula is C16H12ClN3O2S. The van der Waals surface area contributed by atoms with E-state index in [1.54, 1.807) is 16.8 Å². The number of thiophene rings is 1. The van der Waals surface area contributed by atoms with Crippen molar-refractivity contribution < 1.29 is 9.53 Å². The smallest absolute Gasteiger partial charge is 0.349 e. The molecule has 0 saturated carbocycles. The van der Waals surface area contributed by atoms with Crippen molar-refractivity contribution >= 4 is 39.1 Å². The molecule has 1 aromatic carbocycles. The van der Waals surface area contributed by atoms with Crippen molar-refractivity contribution in [3.8, 4) is 11.8 Å². The Morgan fingerprint density at radius 3 is 2.96 bits per heavy atom. The first kappa shape index (κ1) is 15.5. The van der Waals surface area contributed by atoms with Crippen LogP contribution >= 0.6 is 22.9 Å². The molecule has 0 aliphatic heterocycles. The molecule has 0 amide bonds. The number of hydrogen-bond acceptors (Lipinski definition) is 5. The van der Waals surface area contributed by atoms with Gasteiger partial charge in [-0.15, -0.1) is 11.3 Å². The number of aromatic nitrogens is 2. The van der Waals surface area contributed by atoms with Gasteiger partial charge in [0.2, 0.25) is 0 Å². The number of aryl methyl sites for hydroxylation is 1. The van der Waals surface area contributed by atoms with Crippen LogP contribution in [-0.4, -0.2) is 21.9 Å². The number of benzene rings is 1. The lowest BCUT2D eigenvalue weighted by Crippen LogP contribution is -2.11. The molecule has 23 heavy (non-hydrogen) atoms. The van der Waals surface area contributed by atoms with E-state index in [-0.39, 0.29) is 0 Å². The molecule has 1 atom stereocenters. The minimum Gasteiger partial charge on any atom is -0.443 e. The fourth-order valence-corrected chi connectivity index (χ4v) is 3.43. The van der Waals surface area contributed by atoms with Gasteiger partial charge in [-0.2, -0.15) is 10.4 Å². The summed E-state index contributed by atoms with van der Waals surface area (Å²) in [6.45, 7) is 3.41. The Kier molecular flexibility index (Phi) is 4.07. The van der Waals surface area contributed by atoms with Gasteiger partial charge >= 0.3 is 5.97 Å². The lowest BCUT2D eigenvalue weighted by molar-refractivity contribution is 0.0441. The van der Waals surface area contributed by atoms with Gasteiger partial charge in [-0.3, -0.25) is 0 Å². The number of nitriles is 1. The Hall–Kier alpha value is -2.36. The molecule has 7 heteroatoms. The number of halogens is 1. The molecule has 0 aliphatic rings. The Bertz CT molecular complexity index is 939. The molecule has 3 aromatic rings. The van der Waals surface area contributed by atoms with E-state index < -0.39 is 12.1 Å². The molecule has 3 rings (SSSR count). The van der Waals surface area contributed by atoms with Crippen LogP contribution in [0.4, 0.5) is 0 Å². The molecule has 116 valence electrons. The molecule has 0 aliphatic carbocycles. The van der Waals surface area contributed by atoms with Gasteiger partial charge in [0, 0.05) is 10.4 Å². The van der Waals surface area contributed by atoms with E-state index >= 15 is 0 Å². The SMILES string of the molecule is Cc1nn(-c2cccc(Cl)c2)c2sc(C(=O)O[C@H](C)C#N)cc12. The summed E-state index contributed by atoms with van der Waals surface area (Å²) in [4.78, 5) is 13.4. The van der Waals surface area contributed by atoms with Crippen molar-refractivity contribution in [2.24, 2.45) is 0 Å². The average Bonchev–Trinajstić information content (AvgIpc) is 3.08. The Morgan fingerprint density at radius 1 is 1.48 bits per heavy atom. The first-order valence-corrected chi connectivity index (χ1v) is 8.04. The number of carbonyl (C=O) groups is 1. The predicted molar refractivity (Wildman–Crippen MR) is 89.2 cm³/mol. The fourth-order valence-electron chi connectivity index (χ4n) is 2.18. The largest absolute Gasteiger partial charge is 0.443 e. The van der Waals surface area contributed by atoms with Crippen LogP contribution < -0.4 is 0 Å². The molecule has 0 N–H and O–H groups in total. The van der Waals surface area contributed by atoms with Crippen LogP contribution in [-0.2, 0) is 4.74 Å². The van der Waals surface area contributed by atoms with E-state index in [1.807, 2.05) is 31.2 Å². The van der Waals surface area contributed by atoms with Gasteiger partial charge in [0.05, 0.1) is 11.4 Å². The van der Waals surface area contributed by atoms with Crippen molar-refractivity contribution in [2.75, 3.05) is 0 Å². The summed E-state index contributed by atoms with van der Waals surface area (Å²) in [5.41, 5.74) is 1.63. The van der Waals surface area contributed by atoms with Crippen LogP contribution in [0, 0.1) is 18.3 Å². The molecule has 5 nitrogen and oxygen atoms in total. The van der Waals surface area contributed by atoms with Crippen LogP contribution in [0.1, 0.15) is 22.3 Å². The highest BCUT2D eigenvalue weighted by Crippen LogP contribution is 2.31. The van der Waals surface area contributed by atoms with Crippen molar-refractivity contribution in [3.05, 3.63) is 45.9 Å². The van der Waals surface area contributed by atoms with Gasteiger partial charge in [0.25, 0.3) is 0 Å². The van der Waals surface area contributed by atoms with Crippen LogP contribution in [0.25, 0.3) is 15.9 Å². The van der Waals surface area contributed by atoms with Crippen LogP contribution in [0.2, 0.25) is 5.02 Å². The van der Waals surface area contributed by atoms with Crippen LogP contribution in [0.5, 0.6) is 0 Å². The minimum atomic E-state index is -0.779. The number of nitrogens with zero attached hydrogens (tertiary/aromatic N) is 3. The maximum atomic E-state index is 12.1. The highest BCUT2D eigenvalue weighted by atomic mass is 35.5. The summed E-state index contributed by atoms with van der Waals surface area (Å²) >= 11 is 7.32. The van der Waals surface area contributed by atoms with E-state index in [4.69, 9.17) is 21.6 Å². The Labute approximate surface area is 141 Å². The molecular weight excluding hydrogens is 334 g/mol. The number of carbonyl (C=O) groups excluding carboxylic acids is 1. The molecule has 0 fully saturated rings. The Morgan fingerprint density at radius 2 is 2.26 bits per heavy atom. The number of ether oxygens (including phenoxy) is 1. The van der Waals surface area contributed by atoms with Crippen molar-refractivity contribution in [1.29, 1.82) is 5.26 Å². The zero-order valence-corrected chi connectivity index (χ0v) is 14.0. The maximum Gasteiger partial charge on any atom is 0.349 e. The summed E-state index contributed by atoms with van der Waals surface area (Å²) in [6, 6.07) is 11.0. The first-order valence-electron chi connectivity index (χ1n) is 6.85. The molecule has 2 aromatic heterocycles. The summed E-state index contributed by atoms with van der Waals surface area (Å²) < 4.78 is 6.80. The summed E-state index contributed by atoms with van der Waals surface area (Å²) in [5.74, 6) is -0.503. The quantitative estimate of drug-likeness (QED) is 0.670. The minimum absolute atomic E-state index is 0.443.